The Labute approximate surface area is 148 Å². The maximum Gasteiger partial charge on any atom is 0.315 e. The number of urea groups is 1. The standard InChI is InChI=1S/C19H26N2O4/c1-4-16(14-7-9-15(24-3)10-8-14)21-19(23)20-13(2)12-17(22)18-6-5-11-25-18/h5-11,13,16-17,22H,4,12H2,1-3H3,(H2,20,21,23). The first-order valence-electron chi connectivity index (χ1n) is 8.46. The highest BCUT2D eigenvalue weighted by Gasteiger charge is 2.18. The van der Waals surface area contributed by atoms with Crippen molar-refractivity contribution >= 4 is 6.03 Å². The lowest BCUT2D eigenvalue weighted by Crippen LogP contribution is -2.42. The van der Waals surface area contributed by atoms with Gasteiger partial charge in [0, 0.05) is 12.5 Å². The van der Waals surface area contributed by atoms with E-state index in [9.17, 15) is 9.90 Å². The molecule has 0 bridgehead atoms. The number of ether oxygens (including phenoxy) is 1. The minimum atomic E-state index is -0.742. The Hall–Kier alpha value is -2.47. The van der Waals surface area contributed by atoms with Crippen LogP contribution >= 0.6 is 0 Å². The summed E-state index contributed by atoms with van der Waals surface area (Å²) in [6, 6.07) is 10.5. The number of hydrogen-bond acceptors (Lipinski definition) is 4. The summed E-state index contributed by atoms with van der Waals surface area (Å²) in [6.07, 6.45) is 1.92. The Morgan fingerprint density at radius 1 is 1.24 bits per heavy atom. The molecule has 3 N–H and O–H groups in total. The van der Waals surface area contributed by atoms with Gasteiger partial charge in [-0.3, -0.25) is 0 Å². The molecule has 0 aliphatic carbocycles. The molecule has 0 saturated heterocycles. The smallest absolute Gasteiger partial charge is 0.315 e. The third-order valence-corrected chi connectivity index (χ3v) is 4.06. The summed E-state index contributed by atoms with van der Waals surface area (Å²) in [5, 5.41) is 15.9. The van der Waals surface area contributed by atoms with Crippen molar-refractivity contribution < 1.29 is 19.1 Å². The zero-order valence-electron chi connectivity index (χ0n) is 14.9. The molecule has 3 atom stereocenters. The third kappa shape index (κ3) is 5.53. The fourth-order valence-electron chi connectivity index (χ4n) is 2.67. The van der Waals surface area contributed by atoms with Crippen LogP contribution in [0.1, 0.15) is 50.2 Å². The average molecular weight is 346 g/mol. The van der Waals surface area contributed by atoms with Gasteiger partial charge in [-0.1, -0.05) is 19.1 Å². The van der Waals surface area contributed by atoms with Crippen molar-refractivity contribution in [2.75, 3.05) is 7.11 Å². The lowest BCUT2D eigenvalue weighted by atomic mass is 10.0. The van der Waals surface area contributed by atoms with E-state index in [0.29, 0.717) is 12.2 Å². The van der Waals surface area contributed by atoms with E-state index in [1.54, 1.807) is 19.2 Å². The van der Waals surface area contributed by atoms with Crippen LogP contribution in [-0.2, 0) is 0 Å². The minimum Gasteiger partial charge on any atom is -0.497 e. The van der Waals surface area contributed by atoms with Crippen molar-refractivity contribution in [3.63, 3.8) is 0 Å². The fourth-order valence-corrected chi connectivity index (χ4v) is 2.67. The van der Waals surface area contributed by atoms with Gasteiger partial charge in [0.05, 0.1) is 19.4 Å². The van der Waals surface area contributed by atoms with Crippen LogP contribution in [0.25, 0.3) is 0 Å². The summed E-state index contributed by atoms with van der Waals surface area (Å²) in [4.78, 5) is 12.2. The van der Waals surface area contributed by atoms with Gasteiger partial charge in [0.15, 0.2) is 0 Å². The predicted octanol–water partition coefficient (Wildman–Crippen LogP) is 3.55. The zero-order valence-corrected chi connectivity index (χ0v) is 14.9. The number of carbonyl (C=O) groups is 1. The summed E-state index contributed by atoms with van der Waals surface area (Å²) in [5.74, 6) is 1.28. The molecule has 1 heterocycles. The van der Waals surface area contributed by atoms with Crippen molar-refractivity contribution in [2.45, 2.75) is 44.9 Å². The molecule has 2 rings (SSSR count). The second-order valence-electron chi connectivity index (χ2n) is 6.02. The molecule has 1 aromatic heterocycles. The second-order valence-corrected chi connectivity index (χ2v) is 6.02. The molecule has 25 heavy (non-hydrogen) atoms. The Bertz CT molecular complexity index is 640. The van der Waals surface area contributed by atoms with Crippen LogP contribution in [0.15, 0.2) is 47.1 Å². The molecular weight excluding hydrogens is 320 g/mol. The number of carbonyl (C=O) groups excluding carboxylic acids is 1. The number of hydrogen-bond donors (Lipinski definition) is 3. The van der Waals surface area contributed by atoms with Crippen LogP contribution in [0, 0.1) is 0 Å². The summed E-state index contributed by atoms with van der Waals surface area (Å²) in [7, 11) is 1.62. The maximum atomic E-state index is 12.2. The first-order chi connectivity index (χ1) is 12.0. The predicted molar refractivity (Wildman–Crippen MR) is 95.4 cm³/mol. The van der Waals surface area contributed by atoms with E-state index < -0.39 is 6.10 Å². The molecule has 0 spiro atoms. The second kappa shape index (κ2) is 9.13. The number of methoxy groups -OCH3 is 1. The molecule has 2 aromatic rings. The van der Waals surface area contributed by atoms with Gasteiger partial charge >= 0.3 is 6.03 Å². The molecule has 2 amide bonds. The molecule has 0 aliphatic heterocycles. The Balaban J connectivity index is 1.86. The van der Waals surface area contributed by atoms with Gasteiger partial charge in [-0.25, -0.2) is 4.79 Å². The van der Waals surface area contributed by atoms with Crippen molar-refractivity contribution in [1.82, 2.24) is 10.6 Å². The monoisotopic (exact) mass is 346 g/mol. The van der Waals surface area contributed by atoms with Crippen LogP contribution in [0.4, 0.5) is 4.79 Å². The zero-order chi connectivity index (χ0) is 18.2. The Morgan fingerprint density at radius 2 is 1.96 bits per heavy atom. The molecule has 6 heteroatoms. The van der Waals surface area contributed by atoms with E-state index >= 15 is 0 Å². The molecule has 0 saturated carbocycles. The van der Waals surface area contributed by atoms with Crippen molar-refractivity contribution in [3.05, 3.63) is 54.0 Å². The Morgan fingerprint density at radius 3 is 2.52 bits per heavy atom. The molecule has 0 fully saturated rings. The number of furan rings is 1. The van der Waals surface area contributed by atoms with Gasteiger partial charge in [0.2, 0.25) is 0 Å². The molecule has 1 aromatic carbocycles. The molecule has 0 aliphatic rings. The summed E-state index contributed by atoms with van der Waals surface area (Å²) < 4.78 is 10.3. The van der Waals surface area contributed by atoms with Crippen molar-refractivity contribution in [2.24, 2.45) is 0 Å². The highest BCUT2D eigenvalue weighted by atomic mass is 16.5. The normalized spacial score (nSPS) is 14.4. The van der Waals surface area contributed by atoms with Gasteiger partial charge in [-0.15, -0.1) is 0 Å². The lowest BCUT2D eigenvalue weighted by molar-refractivity contribution is 0.129. The average Bonchev–Trinajstić information content (AvgIpc) is 3.14. The van der Waals surface area contributed by atoms with Crippen molar-refractivity contribution in [3.8, 4) is 5.75 Å². The van der Waals surface area contributed by atoms with E-state index in [0.717, 1.165) is 17.7 Å². The molecular formula is C19H26N2O4. The number of aliphatic hydroxyl groups excluding tert-OH is 1. The summed E-state index contributed by atoms with van der Waals surface area (Å²) in [5.41, 5.74) is 1.02. The van der Waals surface area contributed by atoms with Crippen LogP contribution in [0.3, 0.4) is 0 Å². The summed E-state index contributed by atoms with van der Waals surface area (Å²) >= 11 is 0. The first kappa shape index (κ1) is 18.9. The maximum absolute atomic E-state index is 12.2. The number of nitrogens with one attached hydrogen (secondary N) is 2. The molecule has 6 nitrogen and oxygen atoms in total. The largest absolute Gasteiger partial charge is 0.497 e. The van der Waals surface area contributed by atoms with Gasteiger partial charge < -0.3 is 24.9 Å². The number of aliphatic hydroxyl groups is 1. The van der Waals surface area contributed by atoms with Gasteiger partial charge in [-0.05, 0) is 43.2 Å². The van der Waals surface area contributed by atoms with Gasteiger partial charge in [-0.2, -0.15) is 0 Å². The number of benzene rings is 1. The SMILES string of the molecule is CCC(NC(=O)NC(C)CC(O)c1ccco1)c1ccc(OC)cc1. The van der Waals surface area contributed by atoms with E-state index in [2.05, 4.69) is 10.6 Å². The molecule has 3 unspecified atom stereocenters. The fraction of sp³-hybridized carbons (Fsp3) is 0.421. The molecule has 0 radical (unpaired) electrons. The lowest BCUT2D eigenvalue weighted by Gasteiger charge is -2.21. The van der Waals surface area contributed by atoms with Gasteiger partial charge in [0.1, 0.15) is 17.6 Å². The van der Waals surface area contributed by atoms with Crippen molar-refractivity contribution in [1.29, 1.82) is 0 Å². The highest BCUT2D eigenvalue weighted by Crippen LogP contribution is 2.21. The highest BCUT2D eigenvalue weighted by molar-refractivity contribution is 5.74. The Kier molecular flexibility index (Phi) is 6.89. The first-order valence-corrected chi connectivity index (χ1v) is 8.46. The van der Waals surface area contributed by atoms with E-state index in [-0.39, 0.29) is 18.1 Å². The van der Waals surface area contributed by atoms with Crippen LogP contribution in [0.2, 0.25) is 0 Å². The third-order valence-electron chi connectivity index (χ3n) is 4.06. The topological polar surface area (TPSA) is 83.7 Å². The van der Waals surface area contributed by atoms with E-state index in [1.165, 1.54) is 6.26 Å². The van der Waals surface area contributed by atoms with E-state index in [4.69, 9.17) is 9.15 Å². The van der Waals surface area contributed by atoms with Gasteiger partial charge in [0.25, 0.3) is 0 Å². The number of amides is 2. The van der Waals surface area contributed by atoms with E-state index in [1.807, 2.05) is 38.1 Å². The molecule has 136 valence electrons. The van der Waals surface area contributed by atoms with Crippen LogP contribution in [-0.4, -0.2) is 24.3 Å². The summed E-state index contributed by atoms with van der Waals surface area (Å²) in [6.45, 7) is 3.86. The van der Waals surface area contributed by atoms with Crippen LogP contribution in [0.5, 0.6) is 5.75 Å². The quantitative estimate of drug-likeness (QED) is 0.682. The van der Waals surface area contributed by atoms with Crippen LogP contribution < -0.4 is 15.4 Å². The number of rotatable bonds is 8. The minimum absolute atomic E-state index is 0.0897.